The Morgan fingerprint density at radius 3 is 2.42 bits per heavy atom. The van der Waals surface area contributed by atoms with Crippen LogP contribution in [0, 0.1) is 16.7 Å². The monoisotopic (exact) mass is 524 g/mol. The van der Waals surface area contributed by atoms with Crippen molar-refractivity contribution in [2.45, 2.75) is 24.2 Å². The van der Waals surface area contributed by atoms with Gasteiger partial charge in [-0.1, -0.05) is 6.58 Å². The SMILES string of the molecule is C=C1[C@@H](n2cnc3c(N)ncnc32)C[C@@]2(O)C(OP(=O)(O)OP(=O)(O)OP(=O)(O)O)[C@@]12C#N. The molecule has 2 aliphatic rings. The highest BCUT2D eigenvalue weighted by atomic mass is 31.3. The molecule has 4 rings (SSSR count). The van der Waals surface area contributed by atoms with Crippen LogP contribution < -0.4 is 5.73 Å². The number of nitrogens with two attached hydrogens (primary N) is 1. The van der Waals surface area contributed by atoms with Gasteiger partial charge in [0.25, 0.3) is 0 Å². The number of phosphoric acid groups is 3. The molecule has 2 fully saturated rings. The number of nitrogens with zero attached hydrogens (tertiary/aromatic N) is 5. The van der Waals surface area contributed by atoms with Gasteiger partial charge in [-0.25, -0.2) is 28.6 Å². The van der Waals surface area contributed by atoms with E-state index in [1.807, 2.05) is 0 Å². The summed E-state index contributed by atoms with van der Waals surface area (Å²) in [5, 5.41) is 20.8. The maximum Gasteiger partial charge on any atom is 0.490 e. The first-order chi connectivity index (χ1) is 15.1. The van der Waals surface area contributed by atoms with E-state index in [1.54, 1.807) is 6.07 Å². The first-order valence-corrected chi connectivity index (χ1v) is 13.2. The lowest BCUT2D eigenvalue weighted by molar-refractivity contribution is 0.0667. The van der Waals surface area contributed by atoms with Crippen molar-refractivity contribution < 1.29 is 51.5 Å². The van der Waals surface area contributed by atoms with Crippen LogP contribution in [0.1, 0.15) is 12.5 Å². The van der Waals surface area contributed by atoms with Gasteiger partial charge < -0.3 is 35.0 Å². The Bertz CT molecular complexity index is 1370. The molecule has 3 unspecified atom stereocenters. The molecule has 2 aromatic heterocycles. The molecule has 0 aliphatic heterocycles. The summed E-state index contributed by atoms with van der Waals surface area (Å²) in [7, 11) is -16.9. The molecule has 2 aliphatic carbocycles. The fourth-order valence-corrected chi connectivity index (χ4v) is 7.33. The van der Waals surface area contributed by atoms with E-state index in [-0.39, 0.29) is 29.0 Å². The summed E-state index contributed by atoms with van der Waals surface area (Å²) in [5.41, 5.74) is 2.32. The third kappa shape index (κ3) is 3.75. The second-order valence-electron chi connectivity index (χ2n) is 7.25. The van der Waals surface area contributed by atoms with Crippen LogP contribution in [-0.2, 0) is 26.8 Å². The minimum absolute atomic E-state index is 0.0487. The molecule has 6 atom stereocenters. The lowest BCUT2D eigenvalue weighted by Gasteiger charge is -2.22. The van der Waals surface area contributed by atoms with Crippen molar-refractivity contribution in [3.8, 4) is 6.07 Å². The van der Waals surface area contributed by atoms with E-state index in [9.17, 15) is 33.9 Å². The zero-order valence-corrected chi connectivity index (χ0v) is 18.7. The van der Waals surface area contributed by atoms with Gasteiger partial charge in [-0.15, -0.1) is 0 Å². The Morgan fingerprint density at radius 2 is 1.85 bits per heavy atom. The summed E-state index contributed by atoms with van der Waals surface area (Å²) in [5.74, 6) is 0.0896. The van der Waals surface area contributed by atoms with Crippen LogP contribution in [0.4, 0.5) is 5.82 Å². The maximum atomic E-state index is 12.2. The van der Waals surface area contributed by atoms with E-state index in [4.69, 9.17) is 20.0 Å². The van der Waals surface area contributed by atoms with Gasteiger partial charge in [0, 0.05) is 6.42 Å². The van der Waals surface area contributed by atoms with Gasteiger partial charge >= 0.3 is 23.5 Å². The summed E-state index contributed by atoms with van der Waals surface area (Å²) in [6, 6.07) is 1.02. The van der Waals surface area contributed by atoms with E-state index < -0.39 is 46.6 Å². The van der Waals surface area contributed by atoms with Crippen LogP contribution in [0.5, 0.6) is 0 Å². The predicted molar refractivity (Wildman–Crippen MR) is 104 cm³/mol. The minimum Gasteiger partial charge on any atom is -0.385 e. The Hall–Kier alpha value is -2.05. The Morgan fingerprint density at radius 1 is 1.18 bits per heavy atom. The molecule has 0 aromatic carbocycles. The average Bonchev–Trinajstić information content (AvgIpc) is 2.93. The molecule has 7 N–H and O–H groups in total. The number of aliphatic hydroxyl groups is 1. The smallest absolute Gasteiger partial charge is 0.385 e. The lowest BCUT2D eigenvalue weighted by Crippen LogP contribution is -2.21. The van der Waals surface area contributed by atoms with E-state index in [2.05, 4.69) is 30.2 Å². The zero-order valence-electron chi connectivity index (χ0n) is 16.1. The fourth-order valence-electron chi connectivity index (χ4n) is 4.07. The van der Waals surface area contributed by atoms with E-state index >= 15 is 0 Å². The third-order valence-corrected chi connectivity index (χ3v) is 9.20. The Kier molecular flexibility index (Phi) is 5.27. The number of imidazole rings is 1. The van der Waals surface area contributed by atoms with Gasteiger partial charge in [0.1, 0.15) is 29.0 Å². The molecule has 0 bridgehead atoms. The molecular weight excluding hydrogens is 509 g/mol. The lowest BCUT2D eigenvalue weighted by atomic mass is 9.96. The minimum atomic E-state index is -5.77. The first kappa shape index (κ1) is 24.1. The molecule has 2 saturated carbocycles. The summed E-state index contributed by atoms with van der Waals surface area (Å²) in [4.78, 5) is 48.2. The number of hydrogen-bond donors (Lipinski definition) is 6. The van der Waals surface area contributed by atoms with Crippen molar-refractivity contribution in [1.29, 1.82) is 5.26 Å². The van der Waals surface area contributed by atoms with Crippen molar-refractivity contribution in [3.63, 3.8) is 0 Å². The number of phosphoric ester groups is 1. The predicted octanol–water partition coefficient (Wildman–Crippen LogP) is -0.124. The number of nitrogen functional groups attached to an aromatic ring is 1. The highest BCUT2D eigenvalue weighted by Crippen LogP contribution is 2.77. The number of anilines is 1. The zero-order chi connectivity index (χ0) is 24.6. The summed E-state index contributed by atoms with van der Waals surface area (Å²) < 4.78 is 47.9. The molecule has 0 radical (unpaired) electrons. The van der Waals surface area contributed by atoms with Gasteiger partial charge in [-0.2, -0.15) is 13.9 Å². The quantitative estimate of drug-likeness (QED) is 0.203. The van der Waals surface area contributed by atoms with Gasteiger partial charge in [0.05, 0.1) is 18.4 Å². The number of hydrogen-bond acceptors (Lipinski definition) is 12. The van der Waals surface area contributed by atoms with E-state index in [1.165, 1.54) is 17.2 Å². The largest absolute Gasteiger partial charge is 0.490 e. The van der Waals surface area contributed by atoms with Crippen molar-refractivity contribution in [2.24, 2.45) is 5.41 Å². The summed E-state index contributed by atoms with van der Waals surface area (Å²) >= 11 is 0. The van der Waals surface area contributed by atoms with Crippen LogP contribution in [0.15, 0.2) is 24.8 Å². The van der Waals surface area contributed by atoms with E-state index in [0.29, 0.717) is 0 Å². The molecule has 33 heavy (non-hydrogen) atoms. The molecule has 17 nitrogen and oxygen atoms in total. The summed E-state index contributed by atoms with van der Waals surface area (Å²) in [6.07, 6.45) is 0.512. The van der Waals surface area contributed by atoms with E-state index in [0.717, 1.165) is 0 Å². The topological polar surface area (TPSA) is 273 Å². The number of aromatic nitrogens is 4. The van der Waals surface area contributed by atoms with Crippen LogP contribution in [0.25, 0.3) is 11.2 Å². The molecular formula is C13H15N6O11P3. The van der Waals surface area contributed by atoms with Crippen molar-refractivity contribution >= 4 is 40.4 Å². The van der Waals surface area contributed by atoms with Crippen molar-refractivity contribution in [1.82, 2.24) is 19.5 Å². The van der Waals surface area contributed by atoms with Gasteiger partial charge in [-0.05, 0) is 5.57 Å². The molecule has 0 spiro atoms. The molecule has 178 valence electrons. The first-order valence-electron chi connectivity index (χ1n) is 8.65. The Balaban J connectivity index is 1.59. The molecule has 2 aromatic rings. The average molecular weight is 524 g/mol. The summed E-state index contributed by atoms with van der Waals surface area (Å²) in [6.45, 7) is 3.81. The number of fused-ring (bicyclic) bond motifs is 2. The van der Waals surface area contributed by atoms with Crippen LogP contribution >= 0.6 is 23.5 Å². The molecule has 20 heteroatoms. The number of rotatable bonds is 7. The second-order valence-corrected chi connectivity index (χ2v) is 11.6. The highest BCUT2D eigenvalue weighted by Gasteiger charge is 2.86. The van der Waals surface area contributed by atoms with Gasteiger partial charge in [0.15, 0.2) is 11.5 Å². The third-order valence-electron chi connectivity index (χ3n) is 5.39. The van der Waals surface area contributed by atoms with Crippen molar-refractivity contribution in [2.75, 3.05) is 5.73 Å². The second kappa shape index (κ2) is 7.22. The maximum absolute atomic E-state index is 12.2. The molecule has 2 heterocycles. The fraction of sp³-hybridized carbons (Fsp3) is 0.385. The normalized spacial score (nSPS) is 32.7. The standard InChI is InChI=1S/C13H15N6O11P3/c1-6-7(19-5-18-8-9(15)16-4-17-10(8)19)2-13(20)11(12(6,13)3-14)28-32(24,25)30-33(26,27)29-31(21,22)23/h4-5,7,11,20H,1-2H2,(H,24,25)(H,26,27)(H2,15,16,17)(H2,21,22,23)/t7-,11?,12+,13+/m0/s1. The highest BCUT2D eigenvalue weighted by molar-refractivity contribution is 7.66. The number of nitriles is 1. The molecule has 0 saturated heterocycles. The van der Waals surface area contributed by atoms with Crippen molar-refractivity contribution in [3.05, 3.63) is 24.8 Å². The van der Waals surface area contributed by atoms with Gasteiger partial charge in [-0.3, -0.25) is 4.52 Å². The van der Waals surface area contributed by atoms with Crippen LogP contribution in [-0.4, -0.2) is 55.9 Å². The molecule has 0 amide bonds. The Labute approximate surface area is 183 Å². The van der Waals surface area contributed by atoms with Crippen LogP contribution in [0.2, 0.25) is 0 Å². The van der Waals surface area contributed by atoms with Gasteiger partial charge in [0.2, 0.25) is 0 Å². The van der Waals surface area contributed by atoms with Crippen LogP contribution in [0.3, 0.4) is 0 Å².